The number of hydrogen-bond acceptors (Lipinski definition) is 0. The van der Waals surface area contributed by atoms with E-state index < -0.39 is 11.7 Å². The van der Waals surface area contributed by atoms with Crippen molar-refractivity contribution < 1.29 is 13.2 Å². The summed E-state index contributed by atoms with van der Waals surface area (Å²) >= 11 is 5.97. The number of halogens is 4. The summed E-state index contributed by atoms with van der Waals surface area (Å²) < 4.78 is 37.1. The summed E-state index contributed by atoms with van der Waals surface area (Å²) in [5, 5.41) is 0.521. The number of hydrogen-bond donors (Lipinski definition) is 0. The molecule has 0 bridgehead atoms. The van der Waals surface area contributed by atoms with Crippen LogP contribution in [-0.2, 0) is 6.18 Å². The molecule has 0 nitrogen and oxygen atoms in total. The highest BCUT2D eigenvalue weighted by molar-refractivity contribution is 6.33. The van der Waals surface area contributed by atoms with Crippen LogP contribution in [0.15, 0.2) is 48.5 Å². The average molecular weight is 257 g/mol. The van der Waals surface area contributed by atoms with Gasteiger partial charge in [0, 0.05) is 10.6 Å². The SMILES string of the molecule is FC(F)(F)c1ccc(-c2ccccc2Cl)cc1. The molecule has 0 saturated heterocycles. The molecule has 0 saturated carbocycles. The Balaban J connectivity index is 2.40. The van der Waals surface area contributed by atoms with Gasteiger partial charge in [0.05, 0.1) is 5.56 Å². The third-order valence-corrected chi connectivity index (χ3v) is 2.73. The van der Waals surface area contributed by atoms with Crippen molar-refractivity contribution in [3.05, 3.63) is 59.1 Å². The molecule has 0 atom stereocenters. The Morgan fingerprint density at radius 1 is 0.824 bits per heavy atom. The van der Waals surface area contributed by atoms with Gasteiger partial charge in [-0.25, -0.2) is 0 Å². The maximum atomic E-state index is 12.4. The quantitative estimate of drug-likeness (QED) is 0.672. The van der Waals surface area contributed by atoms with Crippen molar-refractivity contribution in [3.63, 3.8) is 0 Å². The van der Waals surface area contributed by atoms with Crippen LogP contribution >= 0.6 is 11.6 Å². The molecule has 0 aliphatic rings. The molecule has 88 valence electrons. The molecule has 0 unspecified atom stereocenters. The minimum absolute atomic E-state index is 0.521. The van der Waals surface area contributed by atoms with Gasteiger partial charge in [-0.15, -0.1) is 0 Å². The second-order valence-corrected chi connectivity index (χ2v) is 3.96. The van der Waals surface area contributed by atoms with Crippen molar-refractivity contribution in [3.8, 4) is 11.1 Å². The minimum Gasteiger partial charge on any atom is -0.166 e. The molecule has 0 aliphatic heterocycles. The van der Waals surface area contributed by atoms with E-state index in [0.717, 1.165) is 17.7 Å². The zero-order chi connectivity index (χ0) is 12.5. The Labute approximate surface area is 102 Å². The average Bonchev–Trinajstić information content (AvgIpc) is 2.29. The van der Waals surface area contributed by atoms with E-state index in [1.807, 2.05) is 0 Å². The van der Waals surface area contributed by atoms with E-state index in [0.29, 0.717) is 10.6 Å². The minimum atomic E-state index is -4.31. The molecule has 0 aromatic heterocycles. The molecular formula is C13H8ClF3. The Hall–Kier alpha value is -1.48. The molecule has 2 rings (SSSR count). The topological polar surface area (TPSA) is 0 Å². The van der Waals surface area contributed by atoms with Crippen molar-refractivity contribution in [2.24, 2.45) is 0 Å². The van der Waals surface area contributed by atoms with E-state index in [-0.39, 0.29) is 0 Å². The lowest BCUT2D eigenvalue weighted by Gasteiger charge is -2.08. The van der Waals surface area contributed by atoms with Crippen LogP contribution in [0.2, 0.25) is 5.02 Å². The number of benzene rings is 2. The molecule has 17 heavy (non-hydrogen) atoms. The molecule has 2 aromatic carbocycles. The first-order chi connectivity index (χ1) is 7.98. The molecule has 0 N–H and O–H groups in total. The van der Waals surface area contributed by atoms with Gasteiger partial charge in [-0.1, -0.05) is 41.9 Å². The van der Waals surface area contributed by atoms with Crippen molar-refractivity contribution in [1.82, 2.24) is 0 Å². The van der Waals surface area contributed by atoms with Crippen LogP contribution < -0.4 is 0 Å². The number of alkyl halides is 3. The van der Waals surface area contributed by atoms with Crippen LogP contribution in [0.25, 0.3) is 11.1 Å². The highest BCUT2D eigenvalue weighted by Crippen LogP contribution is 2.32. The van der Waals surface area contributed by atoms with Crippen LogP contribution in [0.3, 0.4) is 0 Å². The Morgan fingerprint density at radius 3 is 1.94 bits per heavy atom. The lowest BCUT2D eigenvalue weighted by Crippen LogP contribution is -2.03. The predicted octanol–water partition coefficient (Wildman–Crippen LogP) is 5.03. The van der Waals surface area contributed by atoms with Gasteiger partial charge >= 0.3 is 6.18 Å². The molecule has 4 heteroatoms. The summed E-state index contributed by atoms with van der Waals surface area (Å²) in [5.74, 6) is 0. The van der Waals surface area contributed by atoms with Crippen LogP contribution in [0.4, 0.5) is 13.2 Å². The first kappa shape index (κ1) is 12.0. The van der Waals surface area contributed by atoms with Gasteiger partial charge in [0.2, 0.25) is 0 Å². The van der Waals surface area contributed by atoms with Crippen molar-refractivity contribution >= 4 is 11.6 Å². The summed E-state index contributed by atoms with van der Waals surface area (Å²) in [6.45, 7) is 0. The molecule has 0 radical (unpaired) electrons. The third kappa shape index (κ3) is 2.61. The zero-order valence-electron chi connectivity index (χ0n) is 8.63. The van der Waals surface area contributed by atoms with E-state index in [1.54, 1.807) is 24.3 Å². The van der Waals surface area contributed by atoms with Crippen LogP contribution in [0, 0.1) is 0 Å². The fourth-order valence-electron chi connectivity index (χ4n) is 1.53. The highest BCUT2D eigenvalue weighted by Gasteiger charge is 2.29. The molecule has 2 aromatic rings. The van der Waals surface area contributed by atoms with E-state index in [1.165, 1.54) is 12.1 Å². The van der Waals surface area contributed by atoms with Gasteiger partial charge in [-0.3, -0.25) is 0 Å². The van der Waals surface area contributed by atoms with E-state index in [9.17, 15) is 13.2 Å². The Bertz CT molecular complexity index is 515. The number of rotatable bonds is 1. The smallest absolute Gasteiger partial charge is 0.166 e. The van der Waals surface area contributed by atoms with Crippen molar-refractivity contribution in [2.45, 2.75) is 6.18 Å². The first-order valence-electron chi connectivity index (χ1n) is 4.90. The van der Waals surface area contributed by atoms with Crippen LogP contribution in [0.1, 0.15) is 5.56 Å². The van der Waals surface area contributed by atoms with Gasteiger partial charge in [0.1, 0.15) is 0 Å². The van der Waals surface area contributed by atoms with Crippen LogP contribution in [0.5, 0.6) is 0 Å². The maximum Gasteiger partial charge on any atom is 0.416 e. The summed E-state index contributed by atoms with van der Waals surface area (Å²) in [6.07, 6.45) is -4.31. The predicted molar refractivity (Wildman–Crippen MR) is 61.9 cm³/mol. The molecular weight excluding hydrogens is 249 g/mol. The van der Waals surface area contributed by atoms with Crippen LogP contribution in [-0.4, -0.2) is 0 Å². The van der Waals surface area contributed by atoms with Gasteiger partial charge in [0.25, 0.3) is 0 Å². The molecule has 0 heterocycles. The van der Waals surface area contributed by atoms with Gasteiger partial charge < -0.3 is 0 Å². The summed E-state index contributed by atoms with van der Waals surface area (Å²) in [6, 6.07) is 12.0. The van der Waals surface area contributed by atoms with Gasteiger partial charge in [-0.05, 0) is 23.8 Å². The molecule has 0 spiro atoms. The lowest BCUT2D eigenvalue weighted by atomic mass is 10.0. The van der Waals surface area contributed by atoms with E-state index >= 15 is 0 Å². The van der Waals surface area contributed by atoms with Crippen molar-refractivity contribution in [1.29, 1.82) is 0 Å². The van der Waals surface area contributed by atoms with E-state index in [2.05, 4.69) is 0 Å². The van der Waals surface area contributed by atoms with Gasteiger partial charge in [0.15, 0.2) is 0 Å². The normalized spacial score (nSPS) is 11.5. The standard InChI is InChI=1S/C13H8ClF3/c14-12-4-2-1-3-11(12)9-5-7-10(8-6-9)13(15,16)17/h1-8H. The van der Waals surface area contributed by atoms with Gasteiger partial charge in [-0.2, -0.15) is 13.2 Å². The Kier molecular flexibility index (Phi) is 3.11. The largest absolute Gasteiger partial charge is 0.416 e. The second-order valence-electron chi connectivity index (χ2n) is 3.55. The third-order valence-electron chi connectivity index (χ3n) is 2.40. The fourth-order valence-corrected chi connectivity index (χ4v) is 1.78. The van der Waals surface area contributed by atoms with Crippen molar-refractivity contribution in [2.75, 3.05) is 0 Å². The molecule has 0 aliphatic carbocycles. The highest BCUT2D eigenvalue weighted by atomic mass is 35.5. The Morgan fingerprint density at radius 2 is 1.41 bits per heavy atom. The lowest BCUT2D eigenvalue weighted by molar-refractivity contribution is -0.137. The summed E-state index contributed by atoms with van der Waals surface area (Å²) in [5.41, 5.74) is 0.736. The van der Waals surface area contributed by atoms with E-state index in [4.69, 9.17) is 11.6 Å². The summed E-state index contributed by atoms with van der Waals surface area (Å²) in [7, 11) is 0. The summed E-state index contributed by atoms with van der Waals surface area (Å²) in [4.78, 5) is 0. The zero-order valence-corrected chi connectivity index (χ0v) is 9.39. The maximum absolute atomic E-state index is 12.4. The fraction of sp³-hybridized carbons (Fsp3) is 0.0769. The first-order valence-corrected chi connectivity index (χ1v) is 5.28. The second kappa shape index (κ2) is 4.41. The molecule has 0 fully saturated rings. The monoisotopic (exact) mass is 256 g/mol. The molecule has 0 amide bonds.